The Kier molecular flexibility index (Phi) is 3.09. The topological polar surface area (TPSA) is 13.1 Å². The molecule has 0 atom stereocenters. The summed E-state index contributed by atoms with van der Waals surface area (Å²) in [6.45, 7) is 0. The minimum absolute atomic E-state index is 0.0237. The summed E-state index contributed by atoms with van der Waals surface area (Å²) in [7, 11) is 0. The molecule has 0 spiro atoms. The number of rotatable bonds is 2. The molecule has 0 unspecified atom stereocenters. The molecule has 0 N–H and O–H groups in total. The van der Waals surface area contributed by atoms with Crippen molar-refractivity contribution in [3.8, 4) is 22.3 Å². The Morgan fingerprint density at radius 1 is 0.439 bits per heavy atom. The summed E-state index contributed by atoms with van der Waals surface area (Å²) < 4.78 is 95.4. The second kappa shape index (κ2) is 8.55. The van der Waals surface area contributed by atoms with Crippen molar-refractivity contribution >= 4 is 65.0 Å². The van der Waals surface area contributed by atoms with Gasteiger partial charge in [-0.3, -0.25) is 0 Å². The molecule has 0 radical (unpaired) electrons. The number of furan rings is 1. The van der Waals surface area contributed by atoms with E-state index >= 15 is 0 Å². The van der Waals surface area contributed by atoms with E-state index in [1.807, 2.05) is 72.8 Å². The van der Waals surface area contributed by atoms with Crippen molar-refractivity contribution in [1.29, 1.82) is 0 Å². The minimum atomic E-state index is -0.526. The smallest absolute Gasteiger partial charge is 0.143 e. The van der Waals surface area contributed by atoms with E-state index in [9.17, 15) is 2.74 Å². The second-order valence-electron chi connectivity index (χ2n) is 10.1. The average molecular weight is 531 g/mol. The van der Waals surface area contributed by atoms with E-state index in [0.717, 1.165) is 10.8 Å². The van der Waals surface area contributed by atoms with Gasteiger partial charge in [-0.05, 0) is 78.1 Å². The van der Waals surface area contributed by atoms with Crippen molar-refractivity contribution in [3.05, 3.63) is 145 Å². The summed E-state index contributed by atoms with van der Waals surface area (Å²) in [4.78, 5) is 0. The summed E-state index contributed by atoms with van der Waals surface area (Å²) in [6.07, 6.45) is 0. The van der Waals surface area contributed by atoms with Crippen LogP contribution in [0.25, 0.3) is 87.3 Å². The van der Waals surface area contributed by atoms with Gasteiger partial charge in [-0.25, -0.2) is 0 Å². The van der Waals surface area contributed by atoms with Gasteiger partial charge in [-0.1, -0.05) is 127 Å². The molecule has 1 heteroatoms. The zero-order valence-electron chi connectivity index (χ0n) is 31.5. The van der Waals surface area contributed by atoms with Crippen LogP contribution >= 0.6 is 0 Å². The SMILES string of the molecule is [2H]c1c(-c2c3ccccc3c(-c3c([2H])c([2H])c([2H])c4c([2H])c([2H])c([2H])c([2H])c34)c3ccccc23)c([2H])c2c(oc3c4ccccc4ccc32)c1[2H]. The predicted octanol–water partition coefficient (Wildman–Crippen LogP) is 11.5. The first-order valence-corrected chi connectivity index (χ1v) is 13.3. The highest BCUT2D eigenvalue weighted by Crippen LogP contribution is 2.46. The highest BCUT2D eigenvalue weighted by atomic mass is 16.3. The third-order valence-electron chi connectivity index (χ3n) is 7.88. The molecule has 0 aliphatic rings. The Bertz CT molecular complexity index is 2970. The van der Waals surface area contributed by atoms with Gasteiger partial charge in [0, 0.05) is 16.2 Å². The maximum absolute atomic E-state index is 9.66. The fourth-order valence-corrected chi connectivity index (χ4v) is 6.10. The van der Waals surface area contributed by atoms with Crippen LogP contribution in [0.15, 0.2) is 150 Å². The van der Waals surface area contributed by atoms with Gasteiger partial charge in [0.05, 0.1) is 13.7 Å². The number of hydrogen-bond donors (Lipinski definition) is 0. The molecule has 0 aliphatic heterocycles. The van der Waals surface area contributed by atoms with Crippen molar-refractivity contribution in [2.45, 2.75) is 0 Å². The fraction of sp³-hybridized carbons (Fsp3) is 0. The Morgan fingerprint density at radius 2 is 1.10 bits per heavy atom. The molecule has 1 heterocycles. The van der Waals surface area contributed by atoms with E-state index in [2.05, 4.69) is 0 Å². The Balaban J connectivity index is 1.49. The molecule has 0 amide bonds. The zero-order chi connectivity index (χ0) is 35.6. The fourth-order valence-electron chi connectivity index (χ4n) is 6.10. The van der Waals surface area contributed by atoms with Gasteiger partial charge in [0.2, 0.25) is 0 Å². The lowest BCUT2D eigenvalue weighted by Gasteiger charge is -2.18. The molecule has 0 fully saturated rings. The van der Waals surface area contributed by atoms with Gasteiger partial charge in [-0.2, -0.15) is 0 Å². The highest BCUT2D eigenvalue weighted by molar-refractivity contribution is 6.24. The lowest BCUT2D eigenvalue weighted by atomic mass is 9.84. The summed E-state index contributed by atoms with van der Waals surface area (Å²) in [5.74, 6) is 0. The van der Waals surface area contributed by atoms with Crippen LogP contribution in [0.2, 0.25) is 0 Å². The molecule has 190 valence electrons. The lowest BCUT2D eigenvalue weighted by Crippen LogP contribution is -1.91. The van der Waals surface area contributed by atoms with Crippen LogP contribution in [0.3, 0.4) is 0 Å². The third kappa shape index (κ3) is 3.24. The molecule has 1 aromatic heterocycles. The molecule has 0 saturated heterocycles. The Hall–Kier alpha value is -5.40. The van der Waals surface area contributed by atoms with Crippen molar-refractivity contribution in [2.24, 2.45) is 0 Å². The van der Waals surface area contributed by atoms with Gasteiger partial charge >= 0.3 is 0 Å². The first-order valence-electron chi connectivity index (χ1n) is 18.3. The third-order valence-corrected chi connectivity index (χ3v) is 7.88. The summed E-state index contributed by atoms with van der Waals surface area (Å²) in [6, 6.07) is 22.5. The Morgan fingerprint density at radius 3 is 1.88 bits per heavy atom. The van der Waals surface area contributed by atoms with Crippen LogP contribution < -0.4 is 0 Å². The summed E-state index contributed by atoms with van der Waals surface area (Å²) >= 11 is 0. The largest absolute Gasteiger partial charge is 0.455 e. The maximum atomic E-state index is 9.66. The molecule has 41 heavy (non-hydrogen) atoms. The first-order chi connectivity index (χ1) is 24.5. The van der Waals surface area contributed by atoms with Gasteiger partial charge < -0.3 is 4.42 Å². The number of benzene rings is 8. The first kappa shape index (κ1) is 14.8. The van der Waals surface area contributed by atoms with Crippen molar-refractivity contribution in [1.82, 2.24) is 0 Å². The number of hydrogen-bond acceptors (Lipinski definition) is 1. The number of fused-ring (bicyclic) bond motifs is 8. The predicted molar refractivity (Wildman–Crippen MR) is 175 cm³/mol. The van der Waals surface area contributed by atoms with Gasteiger partial charge in [0.15, 0.2) is 0 Å². The zero-order valence-corrected chi connectivity index (χ0v) is 21.5. The normalized spacial score (nSPS) is 15.3. The molecule has 9 aromatic rings. The average Bonchev–Trinajstić information content (AvgIpc) is 3.55. The molecule has 9 rings (SSSR count). The van der Waals surface area contributed by atoms with Crippen LogP contribution in [-0.2, 0) is 0 Å². The van der Waals surface area contributed by atoms with Gasteiger partial charge in [0.1, 0.15) is 11.2 Å². The van der Waals surface area contributed by atoms with E-state index in [-0.39, 0.29) is 51.7 Å². The second-order valence-corrected chi connectivity index (χ2v) is 10.1. The molecule has 0 aliphatic carbocycles. The van der Waals surface area contributed by atoms with Crippen LogP contribution in [0.4, 0.5) is 0 Å². The minimum Gasteiger partial charge on any atom is -0.455 e. The van der Waals surface area contributed by atoms with Crippen LogP contribution in [0, 0.1) is 0 Å². The maximum Gasteiger partial charge on any atom is 0.143 e. The van der Waals surface area contributed by atoms with Crippen LogP contribution in [0.5, 0.6) is 0 Å². The Labute approximate surface area is 250 Å². The van der Waals surface area contributed by atoms with Crippen molar-refractivity contribution in [2.75, 3.05) is 0 Å². The standard InChI is InChI=1S/C40H24O/c1-3-13-28-25(10-1)12-9-19-30(28)39-33-17-7-5-15-31(33)38(32-16-6-8-18-34(32)39)27-21-23-37-36(24-27)35-22-20-26-11-2-4-14-29(26)40(35)41-37/h1-24H/i1D,3D,9D,10D,12D,13D,19D,21D,23D,24D. The van der Waals surface area contributed by atoms with E-state index in [1.54, 1.807) is 12.1 Å². The van der Waals surface area contributed by atoms with Crippen LogP contribution in [-0.4, -0.2) is 0 Å². The van der Waals surface area contributed by atoms with Gasteiger partial charge in [0.25, 0.3) is 0 Å². The highest BCUT2D eigenvalue weighted by Gasteiger charge is 2.19. The van der Waals surface area contributed by atoms with Crippen molar-refractivity contribution in [3.63, 3.8) is 0 Å². The lowest BCUT2D eigenvalue weighted by molar-refractivity contribution is 0.672. The van der Waals surface area contributed by atoms with E-state index in [0.29, 0.717) is 49.0 Å². The quantitative estimate of drug-likeness (QED) is 0.203. The summed E-state index contributed by atoms with van der Waals surface area (Å²) in [5.41, 5.74) is 1.97. The van der Waals surface area contributed by atoms with E-state index < -0.39 is 36.3 Å². The molecule has 1 nitrogen and oxygen atoms in total. The van der Waals surface area contributed by atoms with Crippen molar-refractivity contribution < 1.29 is 18.1 Å². The molecule has 0 bridgehead atoms. The monoisotopic (exact) mass is 530 g/mol. The molecular weight excluding hydrogens is 496 g/mol. The van der Waals surface area contributed by atoms with Gasteiger partial charge in [-0.15, -0.1) is 0 Å². The summed E-state index contributed by atoms with van der Waals surface area (Å²) in [5, 5.41) is 4.97. The van der Waals surface area contributed by atoms with Crippen LogP contribution in [0.1, 0.15) is 13.7 Å². The molecular formula is C40H24O. The molecule has 8 aromatic carbocycles. The van der Waals surface area contributed by atoms with E-state index in [1.165, 1.54) is 0 Å². The van der Waals surface area contributed by atoms with E-state index in [4.69, 9.17) is 15.4 Å². The molecule has 0 saturated carbocycles.